The van der Waals surface area contributed by atoms with Crippen molar-refractivity contribution in [3.63, 3.8) is 0 Å². The first-order valence-corrected chi connectivity index (χ1v) is 12.0. The number of fused-ring (bicyclic) bond motifs is 2. The zero-order valence-electron chi connectivity index (χ0n) is 17.8. The molecule has 5 rings (SSSR count). The fourth-order valence-corrected chi connectivity index (χ4v) is 6.73. The number of amides is 2. The Hall–Kier alpha value is -3.45. The second-order valence-electron chi connectivity index (χ2n) is 8.30. The van der Waals surface area contributed by atoms with Crippen LogP contribution in [0.4, 0.5) is 11.4 Å². The van der Waals surface area contributed by atoms with Crippen molar-refractivity contribution in [2.75, 3.05) is 15.6 Å². The van der Waals surface area contributed by atoms with Gasteiger partial charge in [-0.25, -0.2) is 8.42 Å². The van der Waals surface area contributed by atoms with Gasteiger partial charge in [-0.2, -0.15) is 0 Å². The normalized spacial score (nSPS) is 21.4. The van der Waals surface area contributed by atoms with E-state index in [0.29, 0.717) is 16.9 Å². The molecule has 0 radical (unpaired) electrons. The highest BCUT2D eigenvalue weighted by atomic mass is 32.2. The minimum Gasteiger partial charge on any atom is -0.304 e. The van der Waals surface area contributed by atoms with Crippen molar-refractivity contribution >= 4 is 33.0 Å². The van der Waals surface area contributed by atoms with Gasteiger partial charge in [0.2, 0.25) is 5.91 Å². The molecule has 162 valence electrons. The van der Waals surface area contributed by atoms with E-state index in [-0.39, 0.29) is 6.54 Å². The number of carbonyl (C=O) groups excluding carboxylic acids is 2. The summed E-state index contributed by atoms with van der Waals surface area (Å²) >= 11 is 0. The van der Waals surface area contributed by atoms with Gasteiger partial charge in [0.05, 0.1) is 12.2 Å². The lowest BCUT2D eigenvalue weighted by Gasteiger charge is -2.32. The highest BCUT2D eigenvalue weighted by Gasteiger charge is 2.69. The van der Waals surface area contributed by atoms with Crippen LogP contribution in [0.1, 0.15) is 22.3 Å². The van der Waals surface area contributed by atoms with Crippen molar-refractivity contribution in [3.05, 3.63) is 95.1 Å². The number of hydrogen-bond acceptors (Lipinski definition) is 4. The van der Waals surface area contributed by atoms with Crippen molar-refractivity contribution in [1.29, 1.82) is 0 Å². The van der Waals surface area contributed by atoms with Crippen LogP contribution in [0.3, 0.4) is 0 Å². The summed E-state index contributed by atoms with van der Waals surface area (Å²) in [6, 6.07) is 21.5. The molecule has 1 saturated heterocycles. The van der Waals surface area contributed by atoms with Crippen LogP contribution in [0, 0.1) is 13.8 Å². The number of anilines is 2. The summed E-state index contributed by atoms with van der Waals surface area (Å²) in [6.45, 7) is 4.07. The van der Waals surface area contributed by atoms with Gasteiger partial charge in [0.15, 0.2) is 9.84 Å². The molecular weight excluding hydrogens is 424 g/mol. The molecule has 0 N–H and O–H groups in total. The van der Waals surface area contributed by atoms with Gasteiger partial charge in [0.1, 0.15) is 5.75 Å². The number of aryl methyl sites for hydroxylation is 2. The van der Waals surface area contributed by atoms with Crippen LogP contribution >= 0.6 is 0 Å². The smallest absolute Gasteiger partial charge is 0.274 e. The minimum absolute atomic E-state index is 0.218. The Morgan fingerprint density at radius 3 is 2.25 bits per heavy atom. The Labute approximate surface area is 187 Å². The fraction of sp³-hybridized carbons (Fsp3) is 0.200. The van der Waals surface area contributed by atoms with Crippen LogP contribution in [-0.4, -0.2) is 26.0 Å². The molecular formula is C25H22N2O4S. The number of benzene rings is 3. The van der Waals surface area contributed by atoms with E-state index in [1.165, 1.54) is 9.80 Å². The first-order chi connectivity index (χ1) is 15.3. The molecule has 1 fully saturated rings. The van der Waals surface area contributed by atoms with Crippen LogP contribution in [0.15, 0.2) is 72.8 Å². The first-order valence-electron chi connectivity index (χ1n) is 10.4. The highest BCUT2D eigenvalue weighted by molar-refractivity contribution is 7.94. The lowest BCUT2D eigenvalue weighted by atomic mass is 10.0. The van der Waals surface area contributed by atoms with E-state index in [4.69, 9.17) is 0 Å². The molecule has 2 amide bonds. The molecule has 0 bridgehead atoms. The molecule has 32 heavy (non-hydrogen) atoms. The Morgan fingerprint density at radius 1 is 0.875 bits per heavy atom. The number of rotatable bonds is 3. The minimum atomic E-state index is -4.16. The van der Waals surface area contributed by atoms with Crippen molar-refractivity contribution in [2.24, 2.45) is 0 Å². The van der Waals surface area contributed by atoms with Crippen molar-refractivity contribution < 1.29 is 18.0 Å². The maximum absolute atomic E-state index is 14.1. The maximum atomic E-state index is 14.1. The third-order valence-electron chi connectivity index (χ3n) is 6.30. The van der Waals surface area contributed by atoms with Crippen LogP contribution < -0.4 is 9.80 Å². The monoisotopic (exact) mass is 446 g/mol. The third-order valence-corrected chi connectivity index (χ3v) is 8.41. The summed E-state index contributed by atoms with van der Waals surface area (Å²) in [5, 5.41) is 0. The molecule has 1 spiro atoms. The summed E-state index contributed by atoms with van der Waals surface area (Å²) in [5.41, 5.74) is 4.11. The molecule has 6 nitrogen and oxygen atoms in total. The Bertz CT molecular complexity index is 1360. The quantitative estimate of drug-likeness (QED) is 0.618. The van der Waals surface area contributed by atoms with E-state index in [2.05, 4.69) is 0 Å². The molecule has 0 aromatic heterocycles. The van der Waals surface area contributed by atoms with Crippen LogP contribution in [0.25, 0.3) is 0 Å². The molecule has 0 saturated carbocycles. The fourth-order valence-electron chi connectivity index (χ4n) is 4.70. The first kappa shape index (κ1) is 20.5. The van der Waals surface area contributed by atoms with E-state index in [1.54, 1.807) is 48.5 Å². The molecule has 2 heterocycles. The van der Waals surface area contributed by atoms with Gasteiger partial charge < -0.3 is 4.90 Å². The number of para-hydroxylation sites is 1. The molecule has 7 heteroatoms. The molecule has 2 aliphatic heterocycles. The van der Waals surface area contributed by atoms with Gasteiger partial charge in [-0.15, -0.1) is 0 Å². The predicted octanol–water partition coefficient (Wildman–Crippen LogP) is 3.46. The highest BCUT2D eigenvalue weighted by Crippen LogP contribution is 2.52. The molecule has 1 atom stereocenters. The van der Waals surface area contributed by atoms with Crippen molar-refractivity contribution in [1.82, 2.24) is 0 Å². The van der Waals surface area contributed by atoms with Gasteiger partial charge in [-0.05, 0) is 43.2 Å². The lowest BCUT2D eigenvalue weighted by molar-refractivity contribution is -0.123. The SMILES string of the molecule is Cc1ccc(N2C(=O)CS(=O)(=O)[C@]23C(=O)N(Cc2ccccc2C)c2ccccc23)cc1. The zero-order chi connectivity index (χ0) is 22.7. The largest absolute Gasteiger partial charge is 0.304 e. The van der Waals surface area contributed by atoms with Gasteiger partial charge in [0.25, 0.3) is 10.8 Å². The maximum Gasteiger partial charge on any atom is 0.274 e. The topological polar surface area (TPSA) is 74.8 Å². The molecule has 3 aromatic rings. The van der Waals surface area contributed by atoms with Gasteiger partial charge in [-0.3, -0.25) is 14.5 Å². The second kappa shape index (κ2) is 7.03. The number of sulfone groups is 1. The van der Waals surface area contributed by atoms with E-state index in [9.17, 15) is 18.0 Å². The molecule has 2 aliphatic rings. The van der Waals surface area contributed by atoms with Crippen LogP contribution in [-0.2, 0) is 30.8 Å². The van der Waals surface area contributed by atoms with Crippen LogP contribution in [0.5, 0.6) is 0 Å². The van der Waals surface area contributed by atoms with E-state index in [1.807, 2.05) is 38.1 Å². The number of carbonyl (C=O) groups is 2. The van der Waals surface area contributed by atoms with Crippen molar-refractivity contribution in [2.45, 2.75) is 25.3 Å². The standard InChI is InChI=1S/C25H22N2O4S/c1-17-11-13-20(14-12-17)27-23(28)16-32(30,31)25(27)21-9-5-6-10-22(21)26(24(25)29)15-19-8-4-3-7-18(19)2/h3-14H,15-16H2,1-2H3/t25-/m1/s1. The molecule has 0 aliphatic carbocycles. The number of nitrogens with zero attached hydrogens (tertiary/aromatic N) is 2. The predicted molar refractivity (Wildman–Crippen MR) is 123 cm³/mol. The lowest BCUT2D eigenvalue weighted by Crippen LogP contribution is -2.54. The zero-order valence-corrected chi connectivity index (χ0v) is 18.6. The van der Waals surface area contributed by atoms with E-state index in [0.717, 1.165) is 16.7 Å². The molecule has 0 unspecified atom stereocenters. The average molecular weight is 447 g/mol. The third kappa shape index (κ3) is 2.67. The van der Waals surface area contributed by atoms with Crippen molar-refractivity contribution in [3.8, 4) is 0 Å². The van der Waals surface area contributed by atoms with E-state index >= 15 is 0 Å². The summed E-state index contributed by atoms with van der Waals surface area (Å²) < 4.78 is 27.2. The summed E-state index contributed by atoms with van der Waals surface area (Å²) in [7, 11) is -4.16. The Balaban J connectivity index is 1.74. The molecule has 3 aromatic carbocycles. The van der Waals surface area contributed by atoms with Gasteiger partial charge in [-0.1, -0.05) is 60.2 Å². The summed E-state index contributed by atoms with van der Waals surface area (Å²) in [4.78, 5) is 27.7. The average Bonchev–Trinajstić information content (AvgIpc) is 3.13. The van der Waals surface area contributed by atoms with Crippen LogP contribution in [0.2, 0.25) is 0 Å². The second-order valence-corrected chi connectivity index (χ2v) is 10.4. The van der Waals surface area contributed by atoms with E-state index < -0.39 is 32.3 Å². The summed E-state index contributed by atoms with van der Waals surface area (Å²) in [5.74, 6) is -1.93. The van der Waals surface area contributed by atoms with Gasteiger partial charge in [0, 0.05) is 11.3 Å². The Kier molecular flexibility index (Phi) is 4.49. The Morgan fingerprint density at radius 2 is 1.53 bits per heavy atom. The summed E-state index contributed by atoms with van der Waals surface area (Å²) in [6.07, 6.45) is 0. The number of hydrogen-bond donors (Lipinski definition) is 0. The van der Waals surface area contributed by atoms with Gasteiger partial charge >= 0.3 is 0 Å².